The summed E-state index contributed by atoms with van der Waals surface area (Å²) in [5, 5.41) is 9.66. The fourth-order valence-corrected chi connectivity index (χ4v) is 8.06. The summed E-state index contributed by atoms with van der Waals surface area (Å²) >= 11 is 0. The van der Waals surface area contributed by atoms with Crippen LogP contribution in [0.2, 0.25) is 0 Å². The molecule has 1 N–H and O–H groups in total. The molecule has 1 unspecified atom stereocenters. The van der Waals surface area contributed by atoms with Crippen molar-refractivity contribution in [1.82, 2.24) is 0 Å². The lowest BCUT2D eigenvalue weighted by Crippen LogP contribution is -2.28. The van der Waals surface area contributed by atoms with Gasteiger partial charge >= 0.3 is 11.9 Å². The van der Waals surface area contributed by atoms with Gasteiger partial charge < -0.3 is 14.6 Å². The normalized spacial score (nSPS) is 13.2. The van der Waals surface area contributed by atoms with E-state index in [4.69, 9.17) is 9.47 Å². The molecule has 0 spiro atoms. The Balaban J connectivity index is 3.51. The van der Waals surface area contributed by atoms with E-state index in [0.29, 0.717) is 12.8 Å². The van der Waals surface area contributed by atoms with Crippen LogP contribution in [0.4, 0.5) is 0 Å². The fraction of sp³-hybridized carbons (Fsp3) is 0.642. The minimum atomic E-state index is -0.789. The third kappa shape index (κ3) is 58.6. The molecule has 0 amide bonds. The molecule has 0 aromatic rings. The number of aliphatic hydroxyl groups excluding tert-OH is 1. The monoisotopic (exact) mass is 995 g/mol. The van der Waals surface area contributed by atoms with Gasteiger partial charge in [-0.1, -0.05) is 270 Å². The summed E-state index contributed by atoms with van der Waals surface area (Å²) < 4.78 is 10.7. The van der Waals surface area contributed by atoms with E-state index in [9.17, 15) is 14.7 Å². The van der Waals surface area contributed by atoms with Crippen molar-refractivity contribution < 1.29 is 24.2 Å². The Labute approximate surface area is 445 Å². The van der Waals surface area contributed by atoms with Gasteiger partial charge in [-0.15, -0.1) is 0 Å². The number of allylic oxidation sites excluding steroid dienone is 22. The number of unbranched alkanes of at least 4 members (excludes halogenated alkanes) is 23. The summed E-state index contributed by atoms with van der Waals surface area (Å²) in [5.74, 6) is -0.613. The second kappa shape index (κ2) is 61.3. The number of esters is 2. The Hall–Kier alpha value is -3.96. The predicted octanol–water partition coefficient (Wildman–Crippen LogP) is 20.4. The van der Waals surface area contributed by atoms with Crippen LogP contribution in [0.3, 0.4) is 0 Å². The van der Waals surface area contributed by atoms with E-state index in [0.717, 1.165) is 128 Å². The Bertz CT molecular complexity index is 1500. The van der Waals surface area contributed by atoms with Crippen molar-refractivity contribution in [3.63, 3.8) is 0 Å². The number of hydrogen-bond donors (Lipinski definition) is 1. The lowest BCUT2D eigenvalue weighted by Gasteiger charge is -2.15. The molecule has 0 radical (unpaired) electrons. The first-order chi connectivity index (χ1) is 35.6. The van der Waals surface area contributed by atoms with E-state index in [-0.39, 0.29) is 25.2 Å². The molecule has 0 aromatic heterocycles. The highest BCUT2D eigenvalue weighted by Crippen LogP contribution is 2.16. The van der Waals surface area contributed by atoms with Gasteiger partial charge in [-0.05, 0) is 109 Å². The van der Waals surface area contributed by atoms with E-state index in [1.54, 1.807) is 0 Å². The number of hydrogen-bond acceptors (Lipinski definition) is 5. The second-order valence-electron chi connectivity index (χ2n) is 19.3. The molecule has 5 nitrogen and oxygen atoms in total. The summed E-state index contributed by atoms with van der Waals surface area (Å²) in [6.45, 7) is 3.90. The lowest BCUT2D eigenvalue weighted by atomic mass is 10.0. The van der Waals surface area contributed by atoms with Gasteiger partial charge in [-0.25, -0.2) is 0 Å². The van der Waals surface area contributed by atoms with Crippen LogP contribution < -0.4 is 0 Å². The fourth-order valence-electron chi connectivity index (χ4n) is 8.06. The van der Waals surface area contributed by atoms with Crippen LogP contribution in [0.25, 0.3) is 0 Å². The Morgan fingerprint density at radius 3 is 0.833 bits per heavy atom. The van der Waals surface area contributed by atoms with Crippen LogP contribution in [0.1, 0.15) is 258 Å². The minimum Gasteiger partial charge on any atom is -0.462 e. The van der Waals surface area contributed by atoms with Crippen LogP contribution in [0, 0.1) is 0 Å². The molecule has 408 valence electrons. The van der Waals surface area contributed by atoms with Gasteiger partial charge in [0.2, 0.25) is 0 Å². The smallest absolute Gasteiger partial charge is 0.306 e. The standard InChI is InChI=1S/C67H110O5/c1-3-5-7-9-11-13-15-17-19-21-23-25-26-27-28-29-30-31-32-33-34-35-36-37-38-39-40-42-44-46-48-50-52-54-56-58-60-62-67(70)72-65(63-68)64-71-66(69)61-59-57-55-53-51-49-47-45-43-41-24-22-20-18-16-14-12-10-8-6-4-2/h5-8,11-14,17-20,23-25,27-28,30-31,41,45,47,65,68H,3-4,9-10,15-16,21-22,26,29,32-40,42-44,46,48-64H2,1-2H3/b7-5-,8-6-,13-11-,14-12-,19-17-,20-18-,25-23-,28-27-,31-30-,41-24-,47-45-. The van der Waals surface area contributed by atoms with Crippen LogP contribution in [-0.2, 0) is 19.1 Å². The molecule has 0 bridgehead atoms. The predicted molar refractivity (Wildman–Crippen MR) is 315 cm³/mol. The van der Waals surface area contributed by atoms with Crippen LogP contribution >= 0.6 is 0 Å². The molecule has 0 fully saturated rings. The van der Waals surface area contributed by atoms with Crippen molar-refractivity contribution in [2.45, 2.75) is 264 Å². The average molecular weight is 996 g/mol. The summed E-state index contributed by atoms with van der Waals surface area (Å²) in [4.78, 5) is 24.5. The third-order valence-electron chi connectivity index (χ3n) is 12.4. The summed E-state index contributed by atoms with van der Waals surface area (Å²) in [7, 11) is 0. The zero-order valence-corrected chi connectivity index (χ0v) is 46.6. The molecule has 0 aromatic carbocycles. The van der Waals surface area contributed by atoms with E-state index in [2.05, 4.69) is 148 Å². The summed E-state index contributed by atoms with van der Waals surface area (Å²) in [5.41, 5.74) is 0. The first kappa shape index (κ1) is 68.0. The van der Waals surface area contributed by atoms with E-state index in [1.807, 2.05) is 0 Å². The first-order valence-corrected chi connectivity index (χ1v) is 29.7. The Kier molecular flexibility index (Phi) is 58.0. The van der Waals surface area contributed by atoms with Crippen molar-refractivity contribution in [3.05, 3.63) is 134 Å². The Morgan fingerprint density at radius 2 is 0.556 bits per heavy atom. The minimum absolute atomic E-state index is 0.0813. The van der Waals surface area contributed by atoms with Gasteiger partial charge in [0.05, 0.1) is 6.61 Å². The Morgan fingerprint density at radius 1 is 0.319 bits per heavy atom. The molecule has 0 rings (SSSR count). The molecule has 5 heteroatoms. The second-order valence-corrected chi connectivity index (χ2v) is 19.3. The van der Waals surface area contributed by atoms with Crippen molar-refractivity contribution in [2.24, 2.45) is 0 Å². The molecule has 0 aliphatic rings. The molecule has 0 aliphatic carbocycles. The van der Waals surface area contributed by atoms with E-state index < -0.39 is 6.10 Å². The molecule has 72 heavy (non-hydrogen) atoms. The maximum Gasteiger partial charge on any atom is 0.306 e. The topological polar surface area (TPSA) is 72.8 Å². The largest absolute Gasteiger partial charge is 0.462 e. The molecule has 0 saturated carbocycles. The number of ether oxygens (including phenoxy) is 2. The average Bonchev–Trinajstić information content (AvgIpc) is 3.38. The molecular weight excluding hydrogens is 885 g/mol. The van der Waals surface area contributed by atoms with Crippen molar-refractivity contribution in [3.8, 4) is 0 Å². The molecule has 0 aliphatic heterocycles. The number of carbonyl (C=O) groups excluding carboxylic acids is 2. The lowest BCUT2D eigenvalue weighted by molar-refractivity contribution is -0.161. The molecular formula is C67H110O5. The maximum atomic E-state index is 12.3. The zero-order chi connectivity index (χ0) is 52.0. The maximum absolute atomic E-state index is 12.3. The van der Waals surface area contributed by atoms with Crippen molar-refractivity contribution in [2.75, 3.05) is 13.2 Å². The molecule has 1 atom stereocenters. The molecule has 0 saturated heterocycles. The van der Waals surface area contributed by atoms with E-state index >= 15 is 0 Å². The highest BCUT2D eigenvalue weighted by Gasteiger charge is 2.16. The summed E-state index contributed by atoms with van der Waals surface area (Å²) in [6, 6.07) is 0. The highest BCUT2D eigenvalue weighted by molar-refractivity contribution is 5.70. The van der Waals surface area contributed by atoms with Crippen molar-refractivity contribution in [1.29, 1.82) is 0 Å². The zero-order valence-electron chi connectivity index (χ0n) is 46.6. The highest BCUT2D eigenvalue weighted by atomic mass is 16.6. The number of aliphatic hydroxyl groups is 1. The molecule has 0 heterocycles. The van der Waals surface area contributed by atoms with E-state index in [1.165, 1.54) is 103 Å². The van der Waals surface area contributed by atoms with Gasteiger partial charge in [0.15, 0.2) is 6.10 Å². The summed E-state index contributed by atoms with van der Waals surface area (Å²) in [6.07, 6.45) is 91.5. The quantitative estimate of drug-likeness (QED) is 0.0373. The SMILES string of the molecule is CC/C=C\C/C=C\C/C=C\C/C=C\C/C=C\C/C=C\CCCCCCCCCCCCCCCCCCCCC(=O)OC(CO)COC(=O)CCCCCCC/C=C\C/C=C\C/C=C\C/C=C\C/C=C\CC. The van der Waals surface area contributed by atoms with Crippen LogP contribution in [-0.4, -0.2) is 36.4 Å². The van der Waals surface area contributed by atoms with Gasteiger partial charge in [0.25, 0.3) is 0 Å². The van der Waals surface area contributed by atoms with Gasteiger partial charge in [0, 0.05) is 12.8 Å². The van der Waals surface area contributed by atoms with Crippen LogP contribution in [0.15, 0.2) is 134 Å². The van der Waals surface area contributed by atoms with Crippen molar-refractivity contribution >= 4 is 11.9 Å². The van der Waals surface area contributed by atoms with Gasteiger partial charge in [0.1, 0.15) is 6.61 Å². The first-order valence-electron chi connectivity index (χ1n) is 29.7. The number of carbonyl (C=O) groups is 2. The van der Waals surface area contributed by atoms with Gasteiger partial charge in [-0.2, -0.15) is 0 Å². The van der Waals surface area contributed by atoms with Crippen LogP contribution in [0.5, 0.6) is 0 Å². The number of rotatable bonds is 53. The third-order valence-corrected chi connectivity index (χ3v) is 12.4. The van der Waals surface area contributed by atoms with Gasteiger partial charge in [-0.3, -0.25) is 9.59 Å².